The molecule has 0 aromatic rings. The molecule has 3 N–H and O–H groups in total. The summed E-state index contributed by atoms with van der Waals surface area (Å²) in [7, 11) is -9.92. The number of ether oxygens (including phenoxy) is 4. The van der Waals surface area contributed by atoms with Gasteiger partial charge in [-0.2, -0.15) is 0 Å². The summed E-state index contributed by atoms with van der Waals surface area (Å²) in [6.07, 6.45) is 61.5. The third-order valence-electron chi connectivity index (χ3n) is 19.5. The minimum atomic E-state index is -4.96. The van der Waals surface area contributed by atoms with Gasteiger partial charge in [0.1, 0.15) is 19.3 Å². The first-order valence-corrected chi connectivity index (χ1v) is 45.4. The minimum absolute atomic E-state index is 0.103. The van der Waals surface area contributed by atoms with Crippen molar-refractivity contribution in [3.63, 3.8) is 0 Å². The standard InChI is InChI=1S/C82H160O17P2/c1-8-10-11-12-13-14-15-16-17-18-19-20-24-27-30-33-36-41-49-56-63-79(84)92-69-77(98-81(86)65-58-51-42-37-34-31-28-25-22-21-23-26-29-32-35-39-46-53-60-73(3)4)71-96-100(88,89)94-67-76(83)68-95-101(90,91)97-72-78(99-82(87)66-59-52-43-38-40-47-54-61-74(5)6)70-93-80(85)64-57-50-45-44-48-55-62-75(7)9-2/h73-78,83H,8-72H2,1-7H3,(H,88,89)(H,90,91)/t75?,76-,77-,78-/m1/s1. The van der Waals surface area contributed by atoms with Gasteiger partial charge in [-0.3, -0.25) is 37.3 Å². The Morgan fingerprint density at radius 3 is 0.752 bits per heavy atom. The number of carbonyl (C=O) groups is 4. The van der Waals surface area contributed by atoms with Crippen LogP contribution in [0.25, 0.3) is 0 Å². The third kappa shape index (κ3) is 74.7. The van der Waals surface area contributed by atoms with E-state index in [2.05, 4.69) is 48.5 Å². The average Bonchev–Trinajstić information content (AvgIpc) is 0.978. The highest BCUT2D eigenvalue weighted by Gasteiger charge is 2.30. The summed E-state index contributed by atoms with van der Waals surface area (Å²) in [4.78, 5) is 73.0. The normalized spacial score (nSPS) is 14.2. The zero-order chi connectivity index (χ0) is 74.4. The molecule has 101 heavy (non-hydrogen) atoms. The first-order valence-electron chi connectivity index (χ1n) is 42.4. The lowest BCUT2D eigenvalue weighted by molar-refractivity contribution is -0.161. The van der Waals surface area contributed by atoms with Crippen LogP contribution in [0.2, 0.25) is 0 Å². The summed E-state index contributed by atoms with van der Waals surface area (Å²) in [6.45, 7) is 11.9. The van der Waals surface area contributed by atoms with Gasteiger partial charge in [-0.15, -0.1) is 0 Å². The molecule has 0 bridgehead atoms. The fourth-order valence-corrected chi connectivity index (χ4v) is 14.2. The monoisotopic (exact) mass is 1480 g/mol. The summed E-state index contributed by atoms with van der Waals surface area (Å²) < 4.78 is 68.7. The Morgan fingerprint density at radius 2 is 0.505 bits per heavy atom. The van der Waals surface area contributed by atoms with E-state index < -0.39 is 97.5 Å². The second kappa shape index (κ2) is 72.3. The van der Waals surface area contributed by atoms with Gasteiger partial charge in [0.15, 0.2) is 12.2 Å². The Hall–Kier alpha value is -1.94. The predicted octanol–water partition coefficient (Wildman–Crippen LogP) is 24.5. The van der Waals surface area contributed by atoms with Crippen LogP contribution in [0.4, 0.5) is 0 Å². The molecule has 3 unspecified atom stereocenters. The molecule has 0 aliphatic heterocycles. The fraction of sp³-hybridized carbons (Fsp3) is 0.951. The van der Waals surface area contributed by atoms with Gasteiger partial charge in [0.25, 0.3) is 0 Å². The van der Waals surface area contributed by atoms with Crippen LogP contribution in [-0.2, 0) is 65.4 Å². The summed E-state index contributed by atoms with van der Waals surface area (Å²) in [5, 5.41) is 10.6. The number of aliphatic hydroxyl groups excluding tert-OH is 1. The molecule has 0 heterocycles. The van der Waals surface area contributed by atoms with E-state index in [1.165, 1.54) is 231 Å². The van der Waals surface area contributed by atoms with Crippen LogP contribution in [0, 0.1) is 17.8 Å². The second-order valence-electron chi connectivity index (χ2n) is 30.7. The minimum Gasteiger partial charge on any atom is -0.462 e. The highest BCUT2D eigenvalue weighted by Crippen LogP contribution is 2.45. The zero-order valence-electron chi connectivity index (χ0n) is 66.4. The Kier molecular flexibility index (Phi) is 70.9. The van der Waals surface area contributed by atoms with Crippen molar-refractivity contribution >= 4 is 39.5 Å². The van der Waals surface area contributed by atoms with Crippen LogP contribution in [-0.4, -0.2) is 96.7 Å². The van der Waals surface area contributed by atoms with Crippen molar-refractivity contribution in [2.45, 2.75) is 446 Å². The SMILES string of the molecule is CCCCCCCCCCCCCCCCCCCCCCC(=O)OC[C@H](COP(=O)(O)OC[C@@H](O)COP(=O)(O)OC[C@@H](COC(=O)CCCCCCCCC(C)CC)OC(=O)CCCCCCCCCC(C)C)OC(=O)CCCCCCCCCCCCCCCCCCCCC(C)C. The molecule has 0 aliphatic carbocycles. The number of hydrogen-bond donors (Lipinski definition) is 3. The molecule has 600 valence electrons. The maximum atomic E-state index is 13.1. The zero-order valence-corrected chi connectivity index (χ0v) is 68.2. The van der Waals surface area contributed by atoms with E-state index >= 15 is 0 Å². The molecule has 17 nitrogen and oxygen atoms in total. The Balaban J connectivity index is 5.19. The van der Waals surface area contributed by atoms with Crippen LogP contribution >= 0.6 is 15.6 Å². The Bertz CT molecular complexity index is 1960. The van der Waals surface area contributed by atoms with Crippen molar-refractivity contribution in [1.29, 1.82) is 0 Å². The van der Waals surface area contributed by atoms with E-state index in [-0.39, 0.29) is 25.7 Å². The highest BCUT2D eigenvalue weighted by atomic mass is 31.2. The maximum absolute atomic E-state index is 13.1. The number of phosphoric acid groups is 2. The molecular formula is C82H160O17P2. The summed E-state index contributed by atoms with van der Waals surface area (Å²) >= 11 is 0. The molecule has 0 aromatic heterocycles. The summed E-state index contributed by atoms with van der Waals surface area (Å²) in [5.74, 6) is 0.131. The van der Waals surface area contributed by atoms with Crippen molar-refractivity contribution in [3.8, 4) is 0 Å². The number of hydrogen-bond acceptors (Lipinski definition) is 15. The predicted molar refractivity (Wildman–Crippen MR) is 414 cm³/mol. The van der Waals surface area contributed by atoms with E-state index in [0.29, 0.717) is 31.6 Å². The fourth-order valence-electron chi connectivity index (χ4n) is 12.6. The topological polar surface area (TPSA) is 237 Å². The molecule has 19 heteroatoms. The molecule has 6 atom stereocenters. The molecular weight excluding hydrogens is 1320 g/mol. The first kappa shape index (κ1) is 99.1. The van der Waals surface area contributed by atoms with Gasteiger partial charge in [0.2, 0.25) is 0 Å². The number of carbonyl (C=O) groups excluding carboxylic acids is 4. The van der Waals surface area contributed by atoms with Gasteiger partial charge in [0.05, 0.1) is 26.4 Å². The van der Waals surface area contributed by atoms with Crippen molar-refractivity contribution in [1.82, 2.24) is 0 Å². The molecule has 0 amide bonds. The lowest BCUT2D eigenvalue weighted by Crippen LogP contribution is -2.30. The van der Waals surface area contributed by atoms with Crippen LogP contribution in [0.5, 0.6) is 0 Å². The molecule has 0 fully saturated rings. The van der Waals surface area contributed by atoms with Crippen LogP contribution in [0.3, 0.4) is 0 Å². The number of esters is 4. The lowest BCUT2D eigenvalue weighted by atomic mass is 10.00. The maximum Gasteiger partial charge on any atom is 0.472 e. The quantitative estimate of drug-likeness (QED) is 0.0222. The van der Waals surface area contributed by atoms with Crippen LogP contribution in [0.1, 0.15) is 427 Å². The van der Waals surface area contributed by atoms with E-state index in [4.69, 9.17) is 37.0 Å². The van der Waals surface area contributed by atoms with Crippen molar-refractivity contribution in [3.05, 3.63) is 0 Å². The van der Waals surface area contributed by atoms with Gasteiger partial charge in [0, 0.05) is 25.7 Å². The third-order valence-corrected chi connectivity index (χ3v) is 21.4. The molecule has 0 saturated carbocycles. The number of rotatable bonds is 80. The largest absolute Gasteiger partial charge is 0.472 e. The van der Waals surface area contributed by atoms with Gasteiger partial charge in [-0.25, -0.2) is 9.13 Å². The molecule has 0 aromatic carbocycles. The average molecular weight is 1480 g/mol. The number of phosphoric ester groups is 2. The second-order valence-corrected chi connectivity index (χ2v) is 33.6. The van der Waals surface area contributed by atoms with Gasteiger partial charge < -0.3 is 33.8 Å². The molecule has 0 rings (SSSR count). The number of unbranched alkanes of at least 4 members (excludes halogenated alkanes) is 47. The van der Waals surface area contributed by atoms with Gasteiger partial charge in [-0.1, -0.05) is 376 Å². The van der Waals surface area contributed by atoms with Crippen molar-refractivity contribution in [2.75, 3.05) is 39.6 Å². The molecule has 0 aliphatic rings. The lowest BCUT2D eigenvalue weighted by Gasteiger charge is -2.21. The van der Waals surface area contributed by atoms with E-state index in [1.54, 1.807) is 0 Å². The first-order chi connectivity index (χ1) is 48.8. The smallest absolute Gasteiger partial charge is 0.462 e. The highest BCUT2D eigenvalue weighted by molar-refractivity contribution is 7.47. The van der Waals surface area contributed by atoms with E-state index in [9.17, 15) is 43.2 Å². The van der Waals surface area contributed by atoms with Gasteiger partial charge >= 0.3 is 39.5 Å². The van der Waals surface area contributed by atoms with Crippen LogP contribution < -0.4 is 0 Å². The summed E-state index contributed by atoms with van der Waals surface area (Å²) in [5.41, 5.74) is 0. The van der Waals surface area contributed by atoms with Crippen molar-refractivity contribution in [2.24, 2.45) is 17.8 Å². The Morgan fingerprint density at radius 1 is 0.287 bits per heavy atom. The molecule has 0 spiro atoms. The molecule has 0 saturated heterocycles. The van der Waals surface area contributed by atoms with E-state index in [0.717, 1.165) is 108 Å². The molecule has 0 radical (unpaired) electrons. The van der Waals surface area contributed by atoms with E-state index in [1.807, 2.05) is 0 Å². The van der Waals surface area contributed by atoms with Crippen LogP contribution in [0.15, 0.2) is 0 Å². The number of aliphatic hydroxyl groups is 1. The van der Waals surface area contributed by atoms with Gasteiger partial charge in [-0.05, 0) is 43.4 Å². The summed E-state index contributed by atoms with van der Waals surface area (Å²) in [6, 6.07) is 0. The van der Waals surface area contributed by atoms with Crippen molar-refractivity contribution < 1.29 is 80.2 Å². The Labute approximate surface area is 619 Å².